The topological polar surface area (TPSA) is 66.6 Å². The highest BCUT2D eigenvalue weighted by Crippen LogP contribution is 2.37. The van der Waals surface area contributed by atoms with E-state index in [2.05, 4.69) is 0 Å². The quantitative estimate of drug-likeness (QED) is 0.835. The molecule has 4 nitrogen and oxygen atoms in total. The molecule has 0 saturated heterocycles. The number of carboxylic acid groups (broad SMARTS) is 1. The first-order valence-corrected chi connectivity index (χ1v) is 6.35. The molecule has 0 spiro atoms. The van der Waals surface area contributed by atoms with Crippen LogP contribution < -0.4 is 10.6 Å². The van der Waals surface area contributed by atoms with Crippen LogP contribution in [-0.2, 0) is 6.42 Å². The van der Waals surface area contributed by atoms with E-state index in [1.54, 1.807) is 11.0 Å². The number of hydrogen-bond acceptors (Lipinski definition) is 3. The zero-order chi connectivity index (χ0) is 15.1. The van der Waals surface area contributed by atoms with Crippen molar-refractivity contribution in [1.29, 1.82) is 0 Å². The number of halogens is 2. The van der Waals surface area contributed by atoms with Gasteiger partial charge in [-0.1, -0.05) is 6.07 Å². The fourth-order valence-electron chi connectivity index (χ4n) is 2.57. The van der Waals surface area contributed by atoms with Crippen LogP contribution in [0.5, 0.6) is 0 Å². The smallest absolute Gasteiger partial charge is 0.337 e. The second kappa shape index (κ2) is 4.73. The third-order valence-corrected chi connectivity index (χ3v) is 3.58. The van der Waals surface area contributed by atoms with Crippen molar-refractivity contribution >= 4 is 23.0 Å². The van der Waals surface area contributed by atoms with Crippen LogP contribution in [0.1, 0.15) is 15.9 Å². The van der Waals surface area contributed by atoms with E-state index in [0.717, 1.165) is 11.6 Å². The van der Waals surface area contributed by atoms with Gasteiger partial charge in [0.05, 0.1) is 11.3 Å². The normalized spacial score (nSPS) is 13.3. The third-order valence-electron chi connectivity index (χ3n) is 3.58. The third kappa shape index (κ3) is 2.18. The Bertz CT molecular complexity index is 747. The van der Waals surface area contributed by atoms with Crippen molar-refractivity contribution in [2.75, 3.05) is 17.2 Å². The summed E-state index contributed by atoms with van der Waals surface area (Å²) in [6.07, 6.45) is 0.641. The fraction of sp³-hybridized carbons (Fsp3) is 0.133. The molecule has 3 rings (SSSR count). The van der Waals surface area contributed by atoms with E-state index in [9.17, 15) is 13.6 Å². The largest absolute Gasteiger partial charge is 0.478 e. The number of aromatic carboxylic acids is 1. The predicted octanol–water partition coefficient (Wildman–Crippen LogP) is 2.94. The van der Waals surface area contributed by atoms with E-state index >= 15 is 0 Å². The van der Waals surface area contributed by atoms with E-state index in [4.69, 9.17) is 10.8 Å². The number of benzene rings is 2. The van der Waals surface area contributed by atoms with Crippen molar-refractivity contribution in [2.45, 2.75) is 6.42 Å². The summed E-state index contributed by atoms with van der Waals surface area (Å²) in [5.74, 6) is -2.28. The molecule has 0 aliphatic carbocycles. The predicted molar refractivity (Wildman–Crippen MR) is 74.9 cm³/mol. The van der Waals surface area contributed by atoms with Crippen LogP contribution in [0.4, 0.5) is 25.8 Å². The number of nitrogen functional groups attached to an aromatic ring is 1. The summed E-state index contributed by atoms with van der Waals surface area (Å²) in [7, 11) is 0. The first kappa shape index (κ1) is 13.4. The standard InChI is InChI=1S/C15H12F2N2O2/c16-9-2-1-8-3-4-19(13(8)5-9)14-6-10(15(20)21)12(18)7-11(14)17/h1-2,5-7H,3-4,18H2,(H,20,21). The lowest BCUT2D eigenvalue weighted by Crippen LogP contribution is -2.16. The van der Waals surface area contributed by atoms with E-state index in [-0.39, 0.29) is 16.9 Å². The molecule has 2 aromatic rings. The molecule has 6 heteroatoms. The Morgan fingerprint density at radius 2 is 1.95 bits per heavy atom. The summed E-state index contributed by atoms with van der Waals surface area (Å²) in [5.41, 5.74) is 6.74. The Hall–Kier alpha value is -2.63. The van der Waals surface area contributed by atoms with Gasteiger partial charge in [-0.25, -0.2) is 13.6 Å². The fourth-order valence-corrected chi connectivity index (χ4v) is 2.57. The maximum Gasteiger partial charge on any atom is 0.337 e. The number of fused-ring (bicyclic) bond motifs is 1. The molecule has 108 valence electrons. The van der Waals surface area contributed by atoms with E-state index < -0.39 is 17.6 Å². The molecular weight excluding hydrogens is 278 g/mol. The van der Waals surface area contributed by atoms with Crippen LogP contribution in [0.3, 0.4) is 0 Å². The van der Waals surface area contributed by atoms with Gasteiger partial charge >= 0.3 is 5.97 Å². The number of rotatable bonds is 2. The highest BCUT2D eigenvalue weighted by Gasteiger charge is 2.25. The molecule has 0 fully saturated rings. The molecular formula is C15H12F2N2O2. The number of carbonyl (C=O) groups is 1. The van der Waals surface area contributed by atoms with Gasteiger partial charge in [-0.15, -0.1) is 0 Å². The van der Waals surface area contributed by atoms with E-state index in [0.29, 0.717) is 18.7 Å². The number of anilines is 3. The molecule has 2 aromatic carbocycles. The van der Waals surface area contributed by atoms with E-state index in [1.165, 1.54) is 18.2 Å². The summed E-state index contributed by atoms with van der Waals surface area (Å²) in [4.78, 5) is 12.7. The number of nitrogens with zero attached hydrogens (tertiary/aromatic N) is 1. The van der Waals surface area contributed by atoms with Gasteiger partial charge in [0.25, 0.3) is 0 Å². The van der Waals surface area contributed by atoms with Gasteiger partial charge in [-0.3, -0.25) is 0 Å². The molecule has 0 unspecified atom stereocenters. The molecule has 0 aromatic heterocycles. The Morgan fingerprint density at radius 3 is 2.67 bits per heavy atom. The average molecular weight is 290 g/mol. The Labute approximate surface area is 119 Å². The van der Waals surface area contributed by atoms with Crippen LogP contribution in [0, 0.1) is 11.6 Å². The summed E-state index contributed by atoms with van der Waals surface area (Å²) in [5, 5.41) is 9.08. The van der Waals surface area contributed by atoms with Crippen molar-refractivity contribution < 1.29 is 18.7 Å². The maximum absolute atomic E-state index is 14.1. The van der Waals surface area contributed by atoms with Crippen molar-refractivity contribution in [3.8, 4) is 0 Å². The zero-order valence-corrected chi connectivity index (χ0v) is 10.9. The molecule has 3 N–H and O–H groups in total. The SMILES string of the molecule is Nc1cc(F)c(N2CCc3ccc(F)cc32)cc1C(=O)O. The van der Waals surface area contributed by atoms with Gasteiger partial charge in [-0.05, 0) is 36.2 Å². The van der Waals surface area contributed by atoms with Crippen LogP contribution in [-0.4, -0.2) is 17.6 Å². The lowest BCUT2D eigenvalue weighted by molar-refractivity contribution is 0.0698. The minimum absolute atomic E-state index is 0.0888. The summed E-state index contributed by atoms with van der Waals surface area (Å²) in [6.45, 7) is 0.457. The second-order valence-electron chi connectivity index (χ2n) is 4.87. The van der Waals surface area contributed by atoms with Crippen molar-refractivity contribution in [3.63, 3.8) is 0 Å². The second-order valence-corrected chi connectivity index (χ2v) is 4.87. The van der Waals surface area contributed by atoms with Gasteiger partial charge in [0, 0.05) is 17.9 Å². The molecule has 0 saturated carbocycles. The van der Waals surface area contributed by atoms with Gasteiger partial charge in [-0.2, -0.15) is 0 Å². The maximum atomic E-state index is 14.1. The number of carboxylic acids is 1. The van der Waals surface area contributed by atoms with Gasteiger partial charge in [0.1, 0.15) is 11.6 Å². The minimum Gasteiger partial charge on any atom is -0.478 e. The first-order valence-electron chi connectivity index (χ1n) is 6.35. The lowest BCUT2D eigenvalue weighted by atomic mass is 10.1. The van der Waals surface area contributed by atoms with E-state index in [1.807, 2.05) is 0 Å². The van der Waals surface area contributed by atoms with Crippen molar-refractivity contribution in [1.82, 2.24) is 0 Å². The minimum atomic E-state index is -1.23. The molecule has 0 atom stereocenters. The summed E-state index contributed by atoms with van der Waals surface area (Å²) >= 11 is 0. The number of nitrogens with two attached hydrogens (primary N) is 1. The summed E-state index contributed by atoms with van der Waals surface area (Å²) in [6, 6.07) is 6.49. The Balaban J connectivity index is 2.13. The molecule has 1 heterocycles. The number of hydrogen-bond donors (Lipinski definition) is 2. The molecule has 1 aliphatic rings. The monoisotopic (exact) mass is 290 g/mol. The molecule has 21 heavy (non-hydrogen) atoms. The van der Waals surface area contributed by atoms with Crippen LogP contribution in [0.15, 0.2) is 30.3 Å². The van der Waals surface area contributed by atoms with Crippen molar-refractivity contribution in [2.24, 2.45) is 0 Å². The van der Waals surface area contributed by atoms with Gasteiger partial charge in [0.2, 0.25) is 0 Å². The van der Waals surface area contributed by atoms with Gasteiger partial charge < -0.3 is 15.7 Å². The highest BCUT2D eigenvalue weighted by molar-refractivity contribution is 5.95. The van der Waals surface area contributed by atoms with Crippen molar-refractivity contribution in [3.05, 3.63) is 53.1 Å². The first-order chi connectivity index (χ1) is 9.97. The molecule has 0 radical (unpaired) electrons. The lowest BCUT2D eigenvalue weighted by Gasteiger charge is -2.21. The van der Waals surface area contributed by atoms with Crippen LogP contribution >= 0.6 is 0 Å². The average Bonchev–Trinajstić information content (AvgIpc) is 2.81. The van der Waals surface area contributed by atoms with Crippen LogP contribution in [0.2, 0.25) is 0 Å². The summed E-state index contributed by atoms with van der Waals surface area (Å²) < 4.78 is 27.5. The highest BCUT2D eigenvalue weighted by atomic mass is 19.1. The molecule has 0 amide bonds. The Morgan fingerprint density at radius 1 is 1.19 bits per heavy atom. The zero-order valence-electron chi connectivity index (χ0n) is 10.9. The van der Waals surface area contributed by atoms with Crippen LogP contribution in [0.25, 0.3) is 0 Å². The molecule has 1 aliphatic heterocycles. The Kier molecular flexibility index (Phi) is 3.01. The van der Waals surface area contributed by atoms with Gasteiger partial charge in [0.15, 0.2) is 0 Å². The molecule has 0 bridgehead atoms.